The molecule has 6 nitrogen and oxygen atoms in total. The van der Waals surface area contributed by atoms with Crippen LogP contribution in [0.4, 0.5) is 11.5 Å². The molecule has 0 saturated carbocycles. The lowest BCUT2D eigenvalue weighted by Gasteiger charge is -2.32. The number of hydrogen-bond donors (Lipinski definition) is 0. The molecule has 1 saturated heterocycles. The zero-order chi connectivity index (χ0) is 14.4. The molecule has 0 unspecified atom stereocenters. The van der Waals surface area contributed by atoms with Gasteiger partial charge in [0.1, 0.15) is 11.5 Å². The molecule has 0 aliphatic carbocycles. The lowest BCUT2D eigenvalue weighted by atomic mass is 9.93. The van der Waals surface area contributed by atoms with Crippen molar-refractivity contribution < 1.29 is 9.53 Å². The van der Waals surface area contributed by atoms with Gasteiger partial charge >= 0.3 is 5.97 Å². The van der Waals surface area contributed by atoms with E-state index in [1.54, 1.807) is 6.07 Å². The third-order valence-corrected chi connectivity index (χ3v) is 3.54. The summed E-state index contributed by atoms with van der Waals surface area (Å²) in [6, 6.07) is 3.47. The molecule has 0 radical (unpaired) electrons. The van der Waals surface area contributed by atoms with Gasteiger partial charge in [-0.05, 0) is 43.0 Å². The number of nitroso groups, excluding NO2 is 1. The smallest absolute Gasteiger partial charge is 0.306 e. The Bertz CT molecular complexity index is 453. The molecule has 0 bridgehead atoms. The predicted molar refractivity (Wildman–Crippen MR) is 75.9 cm³/mol. The molecule has 0 N–H and O–H groups in total. The number of nitrogens with zero attached hydrogens (tertiary/aromatic N) is 3. The van der Waals surface area contributed by atoms with Crippen molar-refractivity contribution >= 4 is 17.5 Å². The second kappa shape index (κ2) is 6.98. The van der Waals surface area contributed by atoms with E-state index in [1.807, 2.05) is 13.0 Å². The summed E-state index contributed by atoms with van der Waals surface area (Å²) in [7, 11) is 0. The van der Waals surface area contributed by atoms with Gasteiger partial charge in [0, 0.05) is 19.5 Å². The summed E-state index contributed by atoms with van der Waals surface area (Å²) in [6.07, 6.45) is 3.89. The Balaban J connectivity index is 1.84. The van der Waals surface area contributed by atoms with Gasteiger partial charge in [0.25, 0.3) is 0 Å². The van der Waals surface area contributed by atoms with Gasteiger partial charge in [-0.1, -0.05) is 0 Å². The second-order valence-corrected chi connectivity index (χ2v) is 4.91. The Kier molecular flexibility index (Phi) is 5.03. The molecule has 0 spiro atoms. The van der Waals surface area contributed by atoms with Gasteiger partial charge in [0.2, 0.25) is 0 Å². The SMILES string of the molecule is CCOC(=O)CC1CCN(c2ccc(N=O)cn2)CC1. The van der Waals surface area contributed by atoms with Crippen LogP contribution in [0.15, 0.2) is 23.5 Å². The molecular weight excluding hydrogens is 258 g/mol. The summed E-state index contributed by atoms with van der Waals surface area (Å²) >= 11 is 0. The largest absolute Gasteiger partial charge is 0.466 e. The first kappa shape index (κ1) is 14.4. The first-order valence-corrected chi connectivity index (χ1v) is 6.93. The van der Waals surface area contributed by atoms with Crippen LogP contribution in [-0.4, -0.2) is 30.6 Å². The number of piperidine rings is 1. The van der Waals surface area contributed by atoms with Crippen molar-refractivity contribution in [1.29, 1.82) is 0 Å². The summed E-state index contributed by atoms with van der Waals surface area (Å²) < 4.78 is 4.98. The highest BCUT2D eigenvalue weighted by Gasteiger charge is 2.22. The van der Waals surface area contributed by atoms with E-state index in [0.717, 1.165) is 31.7 Å². The van der Waals surface area contributed by atoms with Gasteiger partial charge in [-0.3, -0.25) is 4.79 Å². The number of aromatic nitrogens is 1. The maximum atomic E-state index is 11.4. The topological polar surface area (TPSA) is 71.9 Å². The van der Waals surface area contributed by atoms with Gasteiger partial charge in [0.15, 0.2) is 0 Å². The molecule has 1 aliphatic rings. The Hall–Kier alpha value is -1.98. The first-order valence-electron chi connectivity index (χ1n) is 6.93. The van der Waals surface area contributed by atoms with Crippen LogP contribution in [0.5, 0.6) is 0 Å². The molecule has 1 aromatic rings. The number of pyridine rings is 1. The standard InChI is InChI=1S/C14H19N3O3/c1-2-20-14(18)9-11-5-7-17(8-6-11)13-4-3-12(16-19)10-15-13/h3-4,10-11H,2,5-9H2,1H3. The van der Waals surface area contributed by atoms with Crippen molar-refractivity contribution in [2.45, 2.75) is 26.2 Å². The molecular formula is C14H19N3O3. The third-order valence-electron chi connectivity index (χ3n) is 3.54. The fourth-order valence-corrected chi connectivity index (χ4v) is 2.44. The highest BCUT2D eigenvalue weighted by molar-refractivity contribution is 5.69. The third kappa shape index (κ3) is 3.76. The highest BCUT2D eigenvalue weighted by atomic mass is 16.5. The normalized spacial score (nSPS) is 15.9. The van der Waals surface area contributed by atoms with E-state index in [0.29, 0.717) is 24.6 Å². The van der Waals surface area contributed by atoms with Gasteiger partial charge < -0.3 is 9.64 Å². The van der Waals surface area contributed by atoms with Crippen molar-refractivity contribution in [3.63, 3.8) is 0 Å². The van der Waals surface area contributed by atoms with Crippen molar-refractivity contribution in [3.8, 4) is 0 Å². The van der Waals surface area contributed by atoms with E-state index < -0.39 is 0 Å². The minimum absolute atomic E-state index is 0.106. The number of carbonyl (C=O) groups excluding carboxylic acids is 1. The Morgan fingerprint density at radius 1 is 1.45 bits per heavy atom. The fourth-order valence-electron chi connectivity index (χ4n) is 2.44. The molecule has 0 aromatic carbocycles. The summed E-state index contributed by atoms with van der Waals surface area (Å²) in [4.78, 5) is 28.2. The zero-order valence-electron chi connectivity index (χ0n) is 11.6. The summed E-state index contributed by atoms with van der Waals surface area (Å²) in [5.74, 6) is 1.14. The van der Waals surface area contributed by atoms with E-state index in [9.17, 15) is 9.70 Å². The summed E-state index contributed by atoms with van der Waals surface area (Å²) in [5, 5.41) is 2.84. The maximum absolute atomic E-state index is 11.4. The Labute approximate surface area is 118 Å². The lowest BCUT2D eigenvalue weighted by molar-refractivity contribution is -0.144. The van der Waals surface area contributed by atoms with Crippen LogP contribution in [0, 0.1) is 10.8 Å². The van der Waals surface area contributed by atoms with Crippen molar-refractivity contribution in [2.75, 3.05) is 24.6 Å². The van der Waals surface area contributed by atoms with Crippen LogP contribution in [0.2, 0.25) is 0 Å². The van der Waals surface area contributed by atoms with E-state index >= 15 is 0 Å². The Morgan fingerprint density at radius 2 is 2.20 bits per heavy atom. The van der Waals surface area contributed by atoms with Crippen molar-refractivity contribution in [1.82, 2.24) is 4.98 Å². The van der Waals surface area contributed by atoms with Crippen LogP contribution in [0.25, 0.3) is 0 Å². The first-order chi connectivity index (χ1) is 9.72. The summed E-state index contributed by atoms with van der Waals surface area (Å²) in [6.45, 7) is 4.00. The van der Waals surface area contributed by atoms with Crippen molar-refractivity contribution in [2.24, 2.45) is 11.1 Å². The van der Waals surface area contributed by atoms with E-state index in [1.165, 1.54) is 6.20 Å². The summed E-state index contributed by atoms with van der Waals surface area (Å²) in [5.41, 5.74) is 0.339. The molecule has 0 amide bonds. The van der Waals surface area contributed by atoms with E-state index in [-0.39, 0.29) is 5.97 Å². The minimum Gasteiger partial charge on any atom is -0.466 e. The molecule has 0 atom stereocenters. The Morgan fingerprint density at radius 3 is 2.75 bits per heavy atom. The molecule has 2 rings (SSSR count). The molecule has 1 aliphatic heterocycles. The average Bonchev–Trinajstić information content (AvgIpc) is 2.48. The number of esters is 1. The maximum Gasteiger partial charge on any atom is 0.306 e. The zero-order valence-corrected chi connectivity index (χ0v) is 11.6. The van der Waals surface area contributed by atoms with Gasteiger partial charge in [-0.25, -0.2) is 4.98 Å². The highest BCUT2D eigenvalue weighted by Crippen LogP contribution is 2.25. The number of carbonyl (C=O) groups is 1. The van der Waals surface area contributed by atoms with Crippen LogP contribution in [0.3, 0.4) is 0 Å². The molecule has 108 valence electrons. The van der Waals surface area contributed by atoms with Gasteiger partial charge in [-0.2, -0.15) is 0 Å². The molecule has 2 heterocycles. The van der Waals surface area contributed by atoms with Crippen LogP contribution < -0.4 is 4.90 Å². The lowest BCUT2D eigenvalue weighted by Crippen LogP contribution is -2.35. The minimum atomic E-state index is -0.106. The van der Waals surface area contributed by atoms with Crippen LogP contribution >= 0.6 is 0 Å². The van der Waals surface area contributed by atoms with Crippen molar-refractivity contribution in [3.05, 3.63) is 23.2 Å². The number of ether oxygens (including phenoxy) is 1. The van der Waals surface area contributed by atoms with Gasteiger partial charge in [-0.15, -0.1) is 4.91 Å². The number of rotatable bonds is 5. The average molecular weight is 277 g/mol. The molecule has 1 aromatic heterocycles. The fraction of sp³-hybridized carbons (Fsp3) is 0.571. The van der Waals surface area contributed by atoms with Gasteiger partial charge in [0.05, 0.1) is 12.8 Å². The number of hydrogen-bond acceptors (Lipinski definition) is 6. The second-order valence-electron chi connectivity index (χ2n) is 4.91. The van der Waals surface area contributed by atoms with E-state index in [2.05, 4.69) is 15.1 Å². The number of anilines is 1. The van der Waals surface area contributed by atoms with E-state index in [4.69, 9.17) is 4.74 Å². The molecule has 20 heavy (non-hydrogen) atoms. The predicted octanol–water partition coefficient (Wildman–Crippen LogP) is 2.65. The molecule has 6 heteroatoms. The van der Waals surface area contributed by atoms with Crippen LogP contribution in [-0.2, 0) is 9.53 Å². The molecule has 1 fully saturated rings. The quantitative estimate of drug-likeness (QED) is 0.611. The van der Waals surface area contributed by atoms with Crippen LogP contribution in [0.1, 0.15) is 26.2 Å². The monoisotopic (exact) mass is 277 g/mol.